The zero-order chi connectivity index (χ0) is 18.9. The molecule has 7 nitrogen and oxygen atoms in total. The van der Waals surface area contributed by atoms with Gasteiger partial charge in [0.1, 0.15) is 5.76 Å². The molecule has 1 aliphatic rings. The predicted molar refractivity (Wildman–Crippen MR) is 82.4 cm³/mol. The number of para-hydroxylation sites is 2. The Balaban J connectivity index is 1.58. The second-order valence-electron chi connectivity index (χ2n) is 5.76. The fourth-order valence-electron chi connectivity index (χ4n) is 2.46. The van der Waals surface area contributed by atoms with Crippen molar-refractivity contribution in [2.75, 3.05) is 18.4 Å². The fourth-order valence-corrected chi connectivity index (χ4v) is 2.46. The molecule has 2 aromatic rings. The zero-order valence-corrected chi connectivity index (χ0v) is 13.5. The molecule has 0 spiro atoms. The summed E-state index contributed by atoms with van der Waals surface area (Å²) < 4.78 is 45.9. The van der Waals surface area contributed by atoms with Crippen molar-refractivity contribution in [1.82, 2.24) is 10.1 Å². The molecule has 0 saturated carbocycles. The predicted octanol–water partition coefficient (Wildman–Crippen LogP) is 2.59. The van der Waals surface area contributed by atoms with Crippen LogP contribution in [-0.4, -0.2) is 41.3 Å². The van der Waals surface area contributed by atoms with Gasteiger partial charge in [0.05, 0.1) is 11.6 Å². The summed E-state index contributed by atoms with van der Waals surface area (Å²) in [6.45, 7) is 1.92. The second kappa shape index (κ2) is 6.70. The molecule has 138 valence electrons. The van der Waals surface area contributed by atoms with Gasteiger partial charge in [0.2, 0.25) is 5.91 Å². The average molecular weight is 369 g/mol. The van der Waals surface area contributed by atoms with Crippen LogP contribution < -0.4 is 10.1 Å². The molecule has 0 bridgehead atoms. The highest BCUT2D eigenvalue weighted by atomic mass is 19.4. The van der Waals surface area contributed by atoms with Gasteiger partial charge in [-0.1, -0.05) is 17.3 Å². The van der Waals surface area contributed by atoms with Crippen molar-refractivity contribution in [3.8, 4) is 5.75 Å². The molecule has 2 amide bonds. The fraction of sp³-hybridized carbons (Fsp3) is 0.312. The minimum absolute atomic E-state index is 0.0910. The first-order chi connectivity index (χ1) is 12.2. The molecule has 26 heavy (non-hydrogen) atoms. The van der Waals surface area contributed by atoms with Gasteiger partial charge < -0.3 is 19.5 Å². The number of amides is 2. The smallest absolute Gasteiger partial charge is 0.404 e. The number of likely N-dealkylation sites (tertiary alicyclic amines) is 1. The number of carbonyl (C=O) groups excluding carboxylic acids is 2. The summed E-state index contributed by atoms with van der Waals surface area (Å²) in [7, 11) is 0. The standard InChI is InChI=1S/C16H14F3N3O4/c1-9-6-12(21-26-9)15(24)22-7-10(8-22)14(23)20-11-4-2-3-5-13(11)25-16(17,18)19/h2-6,10H,7-8H2,1H3,(H,20,23). The van der Waals surface area contributed by atoms with E-state index in [1.54, 1.807) is 6.92 Å². The van der Waals surface area contributed by atoms with Crippen molar-refractivity contribution in [2.45, 2.75) is 13.3 Å². The molecule has 0 unspecified atom stereocenters. The summed E-state index contributed by atoms with van der Waals surface area (Å²) in [4.78, 5) is 25.7. The Morgan fingerprint density at radius 2 is 2.00 bits per heavy atom. The Kier molecular flexibility index (Phi) is 4.58. The molecule has 1 aromatic heterocycles. The molecule has 0 radical (unpaired) electrons. The van der Waals surface area contributed by atoms with Gasteiger partial charge in [0, 0.05) is 19.2 Å². The lowest BCUT2D eigenvalue weighted by Crippen LogP contribution is -2.54. The lowest BCUT2D eigenvalue weighted by Gasteiger charge is -2.37. The van der Waals surface area contributed by atoms with Crippen molar-refractivity contribution in [3.63, 3.8) is 0 Å². The van der Waals surface area contributed by atoms with Crippen LogP contribution in [0.3, 0.4) is 0 Å². The van der Waals surface area contributed by atoms with E-state index in [0.29, 0.717) is 5.76 Å². The maximum absolute atomic E-state index is 12.4. The van der Waals surface area contributed by atoms with Crippen LogP contribution in [0.15, 0.2) is 34.9 Å². The van der Waals surface area contributed by atoms with E-state index >= 15 is 0 Å². The molecular formula is C16H14F3N3O4. The summed E-state index contributed by atoms with van der Waals surface area (Å²) >= 11 is 0. The quantitative estimate of drug-likeness (QED) is 0.896. The van der Waals surface area contributed by atoms with Crippen LogP contribution in [0.5, 0.6) is 5.75 Å². The maximum Gasteiger partial charge on any atom is 0.573 e. The maximum atomic E-state index is 12.4. The number of hydrogen-bond acceptors (Lipinski definition) is 5. The Hall–Kier alpha value is -3.04. The molecule has 2 heterocycles. The molecule has 0 atom stereocenters. The average Bonchev–Trinajstić information content (AvgIpc) is 2.93. The van der Waals surface area contributed by atoms with Gasteiger partial charge in [0.25, 0.3) is 5.91 Å². The Morgan fingerprint density at radius 1 is 1.31 bits per heavy atom. The molecule has 1 fully saturated rings. The summed E-state index contributed by atoms with van der Waals surface area (Å²) in [5, 5.41) is 6.01. The Labute approximate surface area is 145 Å². The molecule has 1 saturated heterocycles. The third-order valence-corrected chi connectivity index (χ3v) is 3.76. The molecule has 1 N–H and O–H groups in total. The summed E-state index contributed by atoms with van der Waals surface area (Å²) in [6, 6.07) is 6.73. The van der Waals surface area contributed by atoms with Gasteiger partial charge in [-0.15, -0.1) is 13.2 Å². The molecule has 0 aliphatic carbocycles. The largest absolute Gasteiger partial charge is 0.573 e. The topological polar surface area (TPSA) is 84.7 Å². The van der Waals surface area contributed by atoms with Gasteiger partial charge in [-0.05, 0) is 19.1 Å². The first-order valence-electron chi connectivity index (χ1n) is 7.61. The van der Waals surface area contributed by atoms with Crippen molar-refractivity contribution < 1.29 is 32.0 Å². The highest BCUT2D eigenvalue weighted by molar-refractivity contribution is 5.98. The second-order valence-corrected chi connectivity index (χ2v) is 5.76. The number of nitrogens with zero attached hydrogens (tertiary/aromatic N) is 2. The van der Waals surface area contributed by atoms with E-state index < -0.39 is 23.9 Å². The number of hydrogen-bond donors (Lipinski definition) is 1. The van der Waals surface area contributed by atoms with Gasteiger partial charge in [-0.3, -0.25) is 9.59 Å². The third-order valence-electron chi connectivity index (χ3n) is 3.76. The highest BCUT2D eigenvalue weighted by Gasteiger charge is 2.38. The van der Waals surface area contributed by atoms with E-state index in [2.05, 4.69) is 15.2 Å². The lowest BCUT2D eigenvalue weighted by atomic mass is 9.98. The lowest BCUT2D eigenvalue weighted by molar-refractivity contribution is -0.274. The van der Waals surface area contributed by atoms with Crippen LogP contribution in [0, 0.1) is 12.8 Å². The van der Waals surface area contributed by atoms with Crippen molar-refractivity contribution in [2.24, 2.45) is 5.92 Å². The third kappa shape index (κ3) is 3.95. The zero-order valence-electron chi connectivity index (χ0n) is 13.5. The van der Waals surface area contributed by atoms with Crippen LogP contribution >= 0.6 is 0 Å². The number of nitrogens with one attached hydrogen (secondary N) is 1. The number of aryl methyl sites for hydroxylation is 1. The van der Waals surface area contributed by atoms with E-state index in [0.717, 1.165) is 6.07 Å². The molecule has 1 aromatic carbocycles. The van der Waals surface area contributed by atoms with E-state index in [-0.39, 0.29) is 30.4 Å². The molecule has 3 rings (SSSR count). The highest BCUT2D eigenvalue weighted by Crippen LogP contribution is 2.31. The molecule has 10 heteroatoms. The number of rotatable bonds is 4. The molecular weight excluding hydrogens is 355 g/mol. The number of ether oxygens (including phenoxy) is 1. The minimum Gasteiger partial charge on any atom is -0.404 e. The van der Waals surface area contributed by atoms with Crippen LogP contribution in [0.4, 0.5) is 18.9 Å². The number of halogens is 3. The molecule has 1 aliphatic heterocycles. The normalized spacial score (nSPS) is 14.7. The number of aromatic nitrogens is 1. The van der Waals surface area contributed by atoms with Gasteiger partial charge >= 0.3 is 6.36 Å². The van der Waals surface area contributed by atoms with Crippen LogP contribution in [0.1, 0.15) is 16.2 Å². The number of benzene rings is 1. The van der Waals surface area contributed by atoms with Crippen molar-refractivity contribution in [3.05, 3.63) is 41.8 Å². The van der Waals surface area contributed by atoms with Gasteiger partial charge in [0.15, 0.2) is 11.4 Å². The Bertz CT molecular complexity index is 828. The summed E-state index contributed by atoms with van der Waals surface area (Å²) in [5.41, 5.74) is 0.0528. The Morgan fingerprint density at radius 3 is 2.62 bits per heavy atom. The van der Waals surface area contributed by atoms with Crippen LogP contribution in [-0.2, 0) is 4.79 Å². The number of alkyl halides is 3. The summed E-state index contributed by atoms with van der Waals surface area (Å²) in [5.74, 6) is -1.41. The van der Waals surface area contributed by atoms with Crippen molar-refractivity contribution >= 4 is 17.5 Å². The number of anilines is 1. The first kappa shape index (κ1) is 17.8. The van der Waals surface area contributed by atoms with Gasteiger partial charge in [-0.2, -0.15) is 0 Å². The van der Waals surface area contributed by atoms with Crippen LogP contribution in [0.25, 0.3) is 0 Å². The van der Waals surface area contributed by atoms with E-state index in [4.69, 9.17) is 4.52 Å². The number of carbonyl (C=O) groups is 2. The van der Waals surface area contributed by atoms with E-state index in [1.165, 1.54) is 29.2 Å². The summed E-state index contributed by atoms with van der Waals surface area (Å²) in [6.07, 6.45) is -4.86. The first-order valence-corrected chi connectivity index (χ1v) is 7.61. The van der Waals surface area contributed by atoms with Crippen LogP contribution in [0.2, 0.25) is 0 Å². The van der Waals surface area contributed by atoms with Gasteiger partial charge in [-0.25, -0.2) is 0 Å². The monoisotopic (exact) mass is 369 g/mol. The van der Waals surface area contributed by atoms with E-state index in [9.17, 15) is 22.8 Å². The van der Waals surface area contributed by atoms with Crippen molar-refractivity contribution in [1.29, 1.82) is 0 Å². The SMILES string of the molecule is Cc1cc(C(=O)N2CC(C(=O)Nc3ccccc3OC(F)(F)F)C2)no1. The minimum atomic E-state index is -4.86. The van der Waals surface area contributed by atoms with E-state index in [1.807, 2.05) is 0 Å².